The highest BCUT2D eigenvalue weighted by atomic mass is 32.1. The van der Waals surface area contributed by atoms with Crippen LogP contribution in [-0.4, -0.2) is 49.1 Å². The number of rotatable bonds is 7. The van der Waals surface area contributed by atoms with Crippen LogP contribution < -0.4 is 10.6 Å². The Bertz CT molecular complexity index is 503. The van der Waals surface area contributed by atoms with Crippen LogP contribution in [0, 0.1) is 11.8 Å². The molecule has 1 aliphatic rings. The lowest BCUT2D eigenvalue weighted by molar-refractivity contribution is 0.176. The number of guanidine groups is 1. The van der Waals surface area contributed by atoms with Gasteiger partial charge in [-0.05, 0) is 44.2 Å². The molecule has 0 bridgehead atoms. The van der Waals surface area contributed by atoms with E-state index >= 15 is 0 Å². The molecule has 0 unspecified atom stereocenters. The van der Waals surface area contributed by atoms with Crippen LogP contribution >= 0.6 is 11.3 Å². The fraction of sp³-hybridized carbons (Fsp3) is 0.778. The molecule has 2 rings (SSSR count). The third-order valence-electron chi connectivity index (χ3n) is 4.45. The maximum absolute atomic E-state index is 4.69. The predicted molar refractivity (Wildman–Crippen MR) is 104 cm³/mol. The van der Waals surface area contributed by atoms with Crippen molar-refractivity contribution in [3.63, 3.8) is 0 Å². The molecule has 1 saturated heterocycles. The average Bonchev–Trinajstić information content (AvgIpc) is 3.04. The zero-order chi connectivity index (χ0) is 17.4. The first-order valence-corrected chi connectivity index (χ1v) is 10.1. The molecule has 0 aliphatic carbocycles. The molecule has 1 aliphatic heterocycles. The van der Waals surface area contributed by atoms with E-state index in [1.54, 1.807) is 11.3 Å². The predicted octanol–water partition coefficient (Wildman–Crippen LogP) is 2.74. The third kappa shape index (κ3) is 6.40. The van der Waals surface area contributed by atoms with Crippen molar-refractivity contribution in [2.45, 2.75) is 46.6 Å². The maximum atomic E-state index is 4.69. The molecule has 0 amide bonds. The summed E-state index contributed by atoms with van der Waals surface area (Å²) >= 11 is 1.79. The van der Waals surface area contributed by atoms with Gasteiger partial charge in [0.05, 0.1) is 10.7 Å². The molecule has 6 heteroatoms. The number of thiazole rings is 1. The summed E-state index contributed by atoms with van der Waals surface area (Å²) < 4.78 is 0. The zero-order valence-electron chi connectivity index (χ0n) is 15.6. The Morgan fingerprint density at radius 2 is 2.12 bits per heavy atom. The molecule has 0 atom stereocenters. The lowest BCUT2D eigenvalue weighted by Crippen LogP contribution is -2.43. The molecule has 1 aromatic rings. The van der Waals surface area contributed by atoms with E-state index < -0.39 is 0 Å². The van der Waals surface area contributed by atoms with Gasteiger partial charge >= 0.3 is 0 Å². The van der Waals surface area contributed by atoms with Gasteiger partial charge in [0.2, 0.25) is 0 Å². The molecule has 2 N–H and O–H groups in total. The van der Waals surface area contributed by atoms with E-state index in [1.165, 1.54) is 36.6 Å². The monoisotopic (exact) mass is 351 g/mol. The standard InChI is InChI=1S/C18H33N5S/c1-5-17-22-16(13-24-17)12-23-8-6-15(7-9-23)11-21-18(19-4)20-10-14(2)3/h13-15H,5-12H2,1-4H3,(H2,19,20,21). The van der Waals surface area contributed by atoms with Crippen LogP contribution in [0.1, 0.15) is 44.3 Å². The number of aryl methyl sites for hydroxylation is 1. The van der Waals surface area contributed by atoms with Crippen molar-refractivity contribution in [2.24, 2.45) is 16.8 Å². The molecule has 24 heavy (non-hydrogen) atoms. The molecule has 0 radical (unpaired) electrons. The second-order valence-corrected chi connectivity index (χ2v) is 7.98. The van der Waals surface area contributed by atoms with Crippen LogP contribution in [0.4, 0.5) is 0 Å². The van der Waals surface area contributed by atoms with Crippen LogP contribution in [0.3, 0.4) is 0 Å². The Morgan fingerprint density at radius 1 is 1.38 bits per heavy atom. The number of hydrogen-bond acceptors (Lipinski definition) is 4. The molecular weight excluding hydrogens is 318 g/mol. The van der Waals surface area contributed by atoms with Gasteiger partial charge in [-0.25, -0.2) is 4.98 Å². The summed E-state index contributed by atoms with van der Waals surface area (Å²) in [5.41, 5.74) is 1.24. The summed E-state index contributed by atoms with van der Waals surface area (Å²) in [6.45, 7) is 11.9. The Hall–Kier alpha value is -1.14. The molecule has 0 saturated carbocycles. The number of aliphatic imine (C=N–C) groups is 1. The van der Waals surface area contributed by atoms with E-state index in [9.17, 15) is 0 Å². The molecule has 5 nitrogen and oxygen atoms in total. The Kier molecular flexibility index (Phi) is 7.99. The first kappa shape index (κ1) is 19.2. The molecule has 0 aromatic carbocycles. The van der Waals surface area contributed by atoms with Gasteiger partial charge in [0, 0.05) is 32.1 Å². The highest BCUT2D eigenvalue weighted by Crippen LogP contribution is 2.19. The molecular formula is C18H33N5S. The van der Waals surface area contributed by atoms with E-state index in [4.69, 9.17) is 0 Å². The number of hydrogen-bond donors (Lipinski definition) is 2. The number of piperidine rings is 1. The summed E-state index contributed by atoms with van der Waals surface area (Å²) in [7, 11) is 1.84. The van der Waals surface area contributed by atoms with Crippen molar-refractivity contribution in [1.29, 1.82) is 0 Å². The lowest BCUT2D eigenvalue weighted by atomic mass is 9.97. The summed E-state index contributed by atoms with van der Waals surface area (Å²) in [4.78, 5) is 11.5. The van der Waals surface area contributed by atoms with Crippen molar-refractivity contribution >= 4 is 17.3 Å². The number of aromatic nitrogens is 1. The normalized spacial score (nSPS) is 17.5. The van der Waals surface area contributed by atoms with Crippen LogP contribution in [0.5, 0.6) is 0 Å². The van der Waals surface area contributed by atoms with Crippen molar-refractivity contribution < 1.29 is 0 Å². The maximum Gasteiger partial charge on any atom is 0.190 e. The number of nitrogens with one attached hydrogen (secondary N) is 2. The fourth-order valence-electron chi connectivity index (χ4n) is 2.92. The Balaban J connectivity index is 1.66. The van der Waals surface area contributed by atoms with E-state index in [2.05, 4.69) is 51.7 Å². The quantitative estimate of drug-likeness (QED) is 0.586. The molecule has 1 aromatic heterocycles. The van der Waals surface area contributed by atoms with Crippen LogP contribution in [-0.2, 0) is 13.0 Å². The minimum Gasteiger partial charge on any atom is -0.356 e. The van der Waals surface area contributed by atoms with Gasteiger partial charge in [-0.1, -0.05) is 20.8 Å². The fourth-order valence-corrected chi connectivity index (χ4v) is 3.66. The van der Waals surface area contributed by atoms with E-state index in [0.717, 1.165) is 37.9 Å². The molecule has 136 valence electrons. The summed E-state index contributed by atoms with van der Waals surface area (Å²) in [6.07, 6.45) is 3.54. The smallest absolute Gasteiger partial charge is 0.190 e. The first-order valence-electron chi connectivity index (χ1n) is 9.20. The number of likely N-dealkylation sites (tertiary alicyclic amines) is 1. The van der Waals surface area contributed by atoms with Gasteiger partial charge < -0.3 is 10.6 Å². The van der Waals surface area contributed by atoms with Crippen molar-refractivity contribution in [3.8, 4) is 0 Å². The van der Waals surface area contributed by atoms with Gasteiger partial charge in [-0.15, -0.1) is 11.3 Å². The van der Waals surface area contributed by atoms with Crippen LogP contribution in [0.25, 0.3) is 0 Å². The minimum absolute atomic E-state index is 0.630. The van der Waals surface area contributed by atoms with Crippen molar-refractivity contribution in [3.05, 3.63) is 16.1 Å². The molecule has 1 fully saturated rings. The van der Waals surface area contributed by atoms with Gasteiger partial charge in [0.25, 0.3) is 0 Å². The Morgan fingerprint density at radius 3 is 2.71 bits per heavy atom. The summed E-state index contributed by atoms with van der Waals surface area (Å²) in [6, 6.07) is 0. The molecule has 0 spiro atoms. The summed E-state index contributed by atoms with van der Waals surface area (Å²) in [5.74, 6) is 2.30. The van der Waals surface area contributed by atoms with E-state index in [1.807, 2.05) is 7.05 Å². The SMILES string of the molecule is CCc1nc(CN2CCC(CNC(=NC)NCC(C)C)CC2)cs1. The second kappa shape index (κ2) is 9.99. The van der Waals surface area contributed by atoms with E-state index in [0.29, 0.717) is 5.92 Å². The van der Waals surface area contributed by atoms with E-state index in [-0.39, 0.29) is 0 Å². The minimum atomic E-state index is 0.630. The van der Waals surface area contributed by atoms with Crippen LogP contribution in [0.15, 0.2) is 10.4 Å². The largest absolute Gasteiger partial charge is 0.356 e. The highest BCUT2D eigenvalue weighted by Gasteiger charge is 2.20. The van der Waals surface area contributed by atoms with Gasteiger partial charge in [-0.3, -0.25) is 9.89 Å². The first-order chi connectivity index (χ1) is 11.6. The Labute approximate surface area is 151 Å². The second-order valence-electron chi connectivity index (χ2n) is 7.03. The van der Waals surface area contributed by atoms with Gasteiger partial charge in [-0.2, -0.15) is 0 Å². The van der Waals surface area contributed by atoms with Gasteiger partial charge in [0.15, 0.2) is 5.96 Å². The molecule has 2 heterocycles. The zero-order valence-corrected chi connectivity index (χ0v) is 16.5. The van der Waals surface area contributed by atoms with Crippen molar-refractivity contribution in [1.82, 2.24) is 20.5 Å². The lowest BCUT2D eigenvalue weighted by Gasteiger charge is -2.31. The topological polar surface area (TPSA) is 52.6 Å². The van der Waals surface area contributed by atoms with Crippen LogP contribution in [0.2, 0.25) is 0 Å². The van der Waals surface area contributed by atoms with Gasteiger partial charge in [0.1, 0.15) is 0 Å². The highest BCUT2D eigenvalue weighted by molar-refractivity contribution is 7.09. The third-order valence-corrected chi connectivity index (χ3v) is 5.50. The average molecular weight is 352 g/mol. The van der Waals surface area contributed by atoms with Crippen molar-refractivity contribution in [2.75, 3.05) is 33.2 Å². The summed E-state index contributed by atoms with van der Waals surface area (Å²) in [5, 5.41) is 10.3. The number of nitrogens with zero attached hydrogens (tertiary/aromatic N) is 3.